The molecule has 0 bridgehead atoms. The molecule has 1 aromatic heterocycles. The van der Waals surface area contributed by atoms with Crippen LogP contribution in [0.25, 0.3) is 11.3 Å². The quantitative estimate of drug-likeness (QED) is 0.737. The van der Waals surface area contributed by atoms with E-state index < -0.39 is 5.41 Å². The lowest BCUT2D eigenvalue weighted by molar-refractivity contribution is -0.118. The second kappa shape index (κ2) is 6.09. The van der Waals surface area contributed by atoms with Crippen LogP contribution < -0.4 is 5.32 Å². The third-order valence-electron chi connectivity index (χ3n) is 5.18. The molecule has 4 nitrogen and oxygen atoms in total. The van der Waals surface area contributed by atoms with Crippen molar-refractivity contribution in [3.8, 4) is 11.3 Å². The van der Waals surface area contributed by atoms with E-state index in [4.69, 9.17) is 4.52 Å². The molecule has 1 fully saturated rings. The molecule has 0 atom stereocenters. The van der Waals surface area contributed by atoms with Gasteiger partial charge in [-0.2, -0.15) is 0 Å². The Hall–Kier alpha value is -2.95. The fourth-order valence-corrected chi connectivity index (χ4v) is 3.14. The van der Waals surface area contributed by atoms with Crippen molar-refractivity contribution >= 4 is 11.6 Å². The van der Waals surface area contributed by atoms with E-state index in [-0.39, 0.29) is 11.7 Å². The normalized spacial score (nSPS) is 14.9. The van der Waals surface area contributed by atoms with E-state index in [0.717, 1.165) is 16.8 Å². The van der Waals surface area contributed by atoms with Crippen LogP contribution in [-0.2, 0) is 10.2 Å². The molecule has 2 aromatic carbocycles. The fraction of sp³-hybridized carbons (Fsp3) is 0.238. The maximum Gasteiger partial charge on any atom is 0.236 e. The van der Waals surface area contributed by atoms with Crippen molar-refractivity contribution in [3.05, 3.63) is 71.2 Å². The number of hydrogen-bond donors (Lipinski definition) is 1. The van der Waals surface area contributed by atoms with Crippen LogP contribution in [0.2, 0.25) is 0 Å². The van der Waals surface area contributed by atoms with Gasteiger partial charge < -0.3 is 9.84 Å². The second-order valence-electron chi connectivity index (χ2n) is 6.84. The van der Waals surface area contributed by atoms with Crippen molar-refractivity contribution < 1.29 is 13.7 Å². The molecule has 0 spiro atoms. The van der Waals surface area contributed by atoms with E-state index in [1.807, 2.05) is 32.0 Å². The van der Waals surface area contributed by atoms with Gasteiger partial charge >= 0.3 is 0 Å². The van der Waals surface area contributed by atoms with Crippen LogP contribution in [0.5, 0.6) is 0 Å². The minimum absolute atomic E-state index is 0.0976. The van der Waals surface area contributed by atoms with Gasteiger partial charge in [-0.3, -0.25) is 4.79 Å². The molecular weight excluding hydrogens is 331 g/mol. The molecule has 1 heterocycles. The number of halogens is 1. The first kappa shape index (κ1) is 16.5. The molecule has 1 amide bonds. The summed E-state index contributed by atoms with van der Waals surface area (Å²) in [4.78, 5) is 12.9. The summed E-state index contributed by atoms with van der Waals surface area (Å²) in [6, 6.07) is 13.9. The van der Waals surface area contributed by atoms with E-state index in [9.17, 15) is 9.18 Å². The Morgan fingerprint density at radius 2 is 1.92 bits per heavy atom. The maximum absolute atomic E-state index is 14.0. The van der Waals surface area contributed by atoms with Crippen molar-refractivity contribution in [3.63, 3.8) is 0 Å². The number of rotatable bonds is 4. The highest BCUT2D eigenvalue weighted by molar-refractivity contribution is 6.01. The first-order valence-corrected chi connectivity index (χ1v) is 8.61. The number of nitrogens with zero attached hydrogens (tertiary/aromatic N) is 1. The zero-order chi connectivity index (χ0) is 18.3. The fourth-order valence-electron chi connectivity index (χ4n) is 3.14. The molecular formula is C21H19FN2O2. The van der Waals surface area contributed by atoms with Gasteiger partial charge in [0.05, 0.1) is 16.7 Å². The van der Waals surface area contributed by atoms with E-state index in [2.05, 4.69) is 10.5 Å². The Morgan fingerprint density at radius 1 is 1.15 bits per heavy atom. The Morgan fingerprint density at radius 3 is 2.65 bits per heavy atom. The number of carbonyl (C=O) groups is 1. The van der Waals surface area contributed by atoms with Crippen LogP contribution in [0.4, 0.5) is 10.1 Å². The van der Waals surface area contributed by atoms with Gasteiger partial charge in [0.2, 0.25) is 5.91 Å². The molecule has 0 radical (unpaired) electrons. The Bertz CT molecular complexity index is 989. The molecule has 1 aliphatic carbocycles. The van der Waals surface area contributed by atoms with Gasteiger partial charge in [-0.25, -0.2) is 4.39 Å². The van der Waals surface area contributed by atoms with Crippen LogP contribution >= 0.6 is 0 Å². The summed E-state index contributed by atoms with van der Waals surface area (Å²) < 4.78 is 19.3. The van der Waals surface area contributed by atoms with E-state index in [0.29, 0.717) is 29.9 Å². The third kappa shape index (κ3) is 2.69. The molecule has 1 aliphatic rings. The zero-order valence-electron chi connectivity index (χ0n) is 14.7. The van der Waals surface area contributed by atoms with Crippen LogP contribution in [0, 0.1) is 19.7 Å². The summed E-state index contributed by atoms with van der Waals surface area (Å²) in [6.07, 6.45) is 1.40. The predicted octanol–water partition coefficient (Wildman–Crippen LogP) is 4.77. The van der Waals surface area contributed by atoms with Crippen molar-refractivity contribution in [2.45, 2.75) is 32.1 Å². The lowest BCUT2D eigenvalue weighted by Crippen LogP contribution is -2.28. The van der Waals surface area contributed by atoms with Crippen molar-refractivity contribution in [2.24, 2.45) is 0 Å². The molecule has 5 heteroatoms. The van der Waals surface area contributed by atoms with E-state index in [1.54, 1.807) is 24.3 Å². The lowest BCUT2D eigenvalue weighted by Gasteiger charge is -2.15. The topological polar surface area (TPSA) is 55.1 Å². The standard InChI is InChI=1S/C21H19FN2O2/c1-13-6-5-9-17(14(13)2)23-20(25)21(10-11-21)19-12-18(26-24-19)15-7-3-4-8-16(15)22/h3-9,12H,10-11H2,1-2H3,(H,23,25). The van der Waals surface area contributed by atoms with E-state index in [1.165, 1.54) is 6.07 Å². The molecule has 0 unspecified atom stereocenters. The SMILES string of the molecule is Cc1cccc(NC(=O)C2(c3cc(-c4ccccc4F)on3)CC2)c1C. The molecule has 26 heavy (non-hydrogen) atoms. The summed E-state index contributed by atoms with van der Waals surface area (Å²) in [6.45, 7) is 3.99. The maximum atomic E-state index is 14.0. The lowest BCUT2D eigenvalue weighted by atomic mass is 9.99. The number of nitrogens with one attached hydrogen (secondary N) is 1. The number of carbonyl (C=O) groups excluding carboxylic acids is 1. The monoisotopic (exact) mass is 350 g/mol. The van der Waals surface area contributed by atoms with Crippen molar-refractivity contribution in [1.29, 1.82) is 0 Å². The highest BCUT2D eigenvalue weighted by Gasteiger charge is 2.54. The molecule has 1 N–H and O–H groups in total. The summed E-state index contributed by atoms with van der Waals surface area (Å²) in [5.74, 6) is -0.136. The second-order valence-corrected chi connectivity index (χ2v) is 6.84. The molecule has 0 saturated heterocycles. The minimum Gasteiger partial charge on any atom is -0.356 e. The van der Waals surface area contributed by atoms with Crippen LogP contribution in [0.3, 0.4) is 0 Å². The predicted molar refractivity (Wildman–Crippen MR) is 97.4 cm³/mol. The number of benzene rings is 2. The largest absolute Gasteiger partial charge is 0.356 e. The third-order valence-corrected chi connectivity index (χ3v) is 5.18. The number of hydrogen-bond acceptors (Lipinski definition) is 3. The van der Waals surface area contributed by atoms with Crippen molar-refractivity contribution in [1.82, 2.24) is 5.16 Å². The van der Waals surface area contributed by atoms with Gasteiger partial charge in [-0.05, 0) is 56.0 Å². The van der Waals surface area contributed by atoms with Crippen LogP contribution in [0.15, 0.2) is 53.1 Å². The van der Waals surface area contributed by atoms with E-state index >= 15 is 0 Å². The molecule has 3 aromatic rings. The van der Waals surface area contributed by atoms with Gasteiger partial charge in [-0.1, -0.05) is 29.4 Å². The highest BCUT2D eigenvalue weighted by Crippen LogP contribution is 2.49. The van der Waals surface area contributed by atoms with Gasteiger partial charge in [0.25, 0.3) is 0 Å². The zero-order valence-corrected chi connectivity index (χ0v) is 14.7. The molecule has 1 saturated carbocycles. The summed E-state index contributed by atoms with van der Waals surface area (Å²) in [5.41, 5.74) is 3.18. The first-order chi connectivity index (χ1) is 12.5. The Labute approximate surface area is 151 Å². The average Bonchev–Trinajstić information content (AvgIpc) is 3.30. The summed E-state index contributed by atoms with van der Waals surface area (Å²) in [7, 11) is 0. The minimum atomic E-state index is -0.691. The van der Waals surface area contributed by atoms with Gasteiger partial charge in [0, 0.05) is 11.8 Å². The smallest absolute Gasteiger partial charge is 0.236 e. The highest BCUT2D eigenvalue weighted by atomic mass is 19.1. The number of anilines is 1. The van der Waals surface area contributed by atoms with Crippen molar-refractivity contribution in [2.75, 3.05) is 5.32 Å². The molecule has 132 valence electrons. The molecule has 4 rings (SSSR count). The number of aromatic nitrogens is 1. The van der Waals surface area contributed by atoms with Gasteiger partial charge in [0.15, 0.2) is 5.76 Å². The Kier molecular flexibility index (Phi) is 3.87. The van der Waals surface area contributed by atoms with Crippen LogP contribution in [-0.4, -0.2) is 11.1 Å². The first-order valence-electron chi connectivity index (χ1n) is 8.61. The number of amides is 1. The summed E-state index contributed by atoms with van der Waals surface area (Å²) in [5, 5.41) is 7.09. The molecule has 0 aliphatic heterocycles. The van der Waals surface area contributed by atoms with Crippen LogP contribution in [0.1, 0.15) is 29.7 Å². The van der Waals surface area contributed by atoms with Gasteiger partial charge in [-0.15, -0.1) is 0 Å². The Balaban J connectivity index is 1.61. The number of aryl methyl sites for hydroxylation is 1. The summed E-state index contributed by atoms with van der Waals surface area (Å²) >= 11 is 0. The van der Waals surface area contributed by atoms with Gasteiger partial charge in [0.1, 0.15) is 5.82 Å². The average molecular weight is 350 g/mol.